The molecule has 0 radical (unpaired) electrons. The Balaban J connectivity index is 1.18. The first-order chi connectivity index (χ1) is 21.5. The predicted octanol–water partition coefficient (Wildman–Crippen LogP) is 9.13. The number of carbonyl (C=O) groups is 1. The molecule has 6 rings (SSSR count). The van der Waals surface area contributed by atoms with Crippen molar-refractivity contribution in [2.24, 2.45) is 11.8 Å². The van der Waals surface area contributed by atoms with Crippen LogP contribution in [-0.4, -0.2) is 34.4 Å². The summed E-state index contributed by atoms with van der Waals surface area (Å²) in [4.78, 5) is 17.1. The highest BCUT2D eigenvalue weighted by Gasteiger charge is 2.54. The van der Waals surface area contributed by atoms with Crippen molar-refractivity contribution in [3.8, 4) is 5.75 Å². The fourth-order valence-corrected chi connectivity index (χ4v) is 8.59. The van der Waals surface area contributed by atoms with Crippen molar-refractivity contribution in [1.82, 2.24) is 4.98 Å². The maximum Gasteiger partial charge on any atom is 0.389 e. The molecule has 240 valence electrons. The Kier molecular flexibility index (Phi) is 8.81. The average Bonchev–Trinajstić information content (AvgIpc) is 3.28. The van der Waals surface area contributed by atoms with Crippen LogP contribution in [0.4, 0.5) is 18.9 Å². The summed E-state index contributed by atoms with van der Waals surface area (Å²) in [5.41, 5.74) is 3.46. The lowest BCUT2D eigenvalue weighted by atomic mass is 9.59. The van der Waals surface area contributed by atoms with Gasteiger partial charge in [0.05, 0.1) is 13.0 Å². The number of aliphatic carboxylic acids is 1. The van der Waals surface area contributed by atoms with E-state index in [1.165, 1.54) is 11.1 Å². The van der Waals surface area contributed by atoms with Crippen molar-refractivity contribution in [2.45, 2.75) is 94.2 Å². The minimum Gasteiger partial charge on any atom is -0.493 e. The summed E-state index contributed by atoms with van der Waals surface area (Å²) < 4.78 is 46.5. The zero-order valence-corrected chi connectivity index (χ0v) is 26.3. The molecular formula is C36H40ClF3N2O3. The number of alkyl halides is 3. The summed E-state index contributed by atoms with van der Waals surface area (Å²) in [5.74, 6) is -0.508. The standard InChI is InChI=1S/C36H40ClF3N2O3/c1-23(22-45-31-12-17-41-30-11-4-7-25(32(30)31)21-36(38,39)40)18-26-19-24-6-2-3-10-29(24)34(26)13-15-35(16-14-34,33(43)44)42-28-9-5-8-27(37)20-28/h2-3,5-6,8-10,12,17,20,23,25-26,42H,4,7,11,13-16,18-19,21-22H2,1H3,(H,43,44)/t23-,25+,26+,34?,35?/m1/s1. The van der Waals surface area contributed by atoms with E-state index in [0.29, 0.717) is 66.7 Å². The number of pyridine rings is 1. The van der Waals surface area contributed by atoms with E-state index < -0.39 is 30.0 Å². The fourth-order valence-electron chi connectivity index (χ4n) is 8.40. The van der Waals surface area contributed by atoms with E-state index in [1.54, 1.807) is 24.4 Å². The summed E-state index contributed by atoms with van der Waals surface area (Å²) >= 11 is 6.20. The van der Waals surface area contributed by atoms with Gasteiger partial charge in [-0.1, -0.05) is 48.9 Å². The van der Waals surface area contributed by atoms with Crippen molar-refractivity contribution in [3.63, 3.8) is 0 Å². The number of fused-ring (bicyclic) bond motifs is 3. The molecule has 0 saturated heterocycles. The second kappa shape index (κ2) is 12.5. The molecule has 3 atom stereocenters. The number of anilines is 1. The largest absolute Gasteiger partial charge is 0.493 e. The third-order valence-electron chi connectivity index (χ3n) is 10.5. The number of hydrogen-bond donors (Lipinski definition) is 2. The predicted molar refractivity (Wildman–Crippen MR) is 169 cm³/mol. The lowest BCUT2D eigenvalue weighted by molar-refractivity contribution is -0.144. The Morgan fingerprint density at radius 3 is 2.64 bits per heavy atom. The fraction of sp³-hybridized carbons (Fsp3) is 0.500. The molecule has 5 nitrogen and oxygen atoms in total. The minimum absolute atomic E-state index is 0.144. The summed E-state index contributed by atoms with van der Waals surface area (Å²) in [6, 6.07) is 17.4. The molecule has 3 aliphatic carbocycles. The number of nitrogens with one attached hydrogen (secondary N) is 1. The SMILES string of the molecule is C[C@@H](COc1ccnc2c1[C@H](CC(F)(F)F)CCC2)C[C@H]1Cc2ccccc2C12CCC(Nc1cccc(Cl)c1)(C(=O)O)CC2. The second-order valence-electron chi connectivity index (χ2n) is 13.5. The number of aromatic nitrogens is 1. The van der Waals surface area contributed by atoms with E-state index in [2.05, 4.69) is 41.5 Å². The number of hydrogen-bond acceptors (Lipinski definition) is 4. The number of halogens is 4. The topological polar surface area (TPSA) is 71.5 Å². The van der Waals surface area contributed by atoms with Crippen LogP contribution < -0.4 is 10.1 Å². The van der Waals surface area contributed by atoms with E-state index >= 15 is 0 Å². The molecule has 3 aromatic rings. The number of rotatable bonds is 9. The first-order valence-corrected chi connectivity index (χ1v) is 16.4. The molecule has 0 unspecified atom stereocenters. The number of ether oxygens (including phenoxy) is 1. The van der Waals surface area contributed by atoms with Gasteiger partial charge in [0.15, 0.2) is 0 Å². The average molecular weight is 641 g/mol. The Hall–Kier alpha value is -3.26. The van der Waals surface area contributed by atoms with Gasteiger partial charge in [-0.25, -0.2) is 4.79 Å². The van der Waals surface area contributed by atoms with Crippen molar-refractivity contribution in [1.29, 1.82) is 0 Å². The molecule has 9 heteroatoms. The highest BCUT2D eigenvalue weighted by Crippen LogP contribution is 2.56. The quantitative estimate of drug-likeness (QED) is 0.244. The molecule has 1 fully saturated rings. The Morgan fingerprint density at radius 1 is 1.13 bits per heavy atom. The first-order valence-electron chi connectivity index (χ1n) is 16.0. The van der Waals surface area contributed by atoms with Crippen LogP contribution in [-0.2, 0) is 23.1 Å². The Bertz CT molecular complexity index is 1540. The van der Waals surface area contributed by atoms with Crippen LogP contribution in [0.5, 0.6) is 5.75 Å². The van der Waals surface area contributed by atoms with Crippen LogP contribution in [0.15, 0.2) is 60.8 Å². The number of benzene rings is 2. The number of carboxylic acid groups (broad SMARTS) is 1. The minimum atomic E-state index is -4.24. The van der Waals surface area contributed by atoms with Gasteiger partial charge in [0.25, 0.3) is 0 Å². The molecule has 1 spiro atoms. The van der Waals surface area contributed by atoms with Gasteiger partial charge in [0.2, 0.25) is 0 Å². The second-order valence-corrected chi connectivity index (χ2v) is 13.9. The van der Waals surface area contributed by atoms with E-state index in [9.17, 15) is 23.1 Å². The lowest BCUT2D eigenvalue weighted by Gasteiger charge is -2.47. The van der Waals surface area contributed by atoms with Crippen LogP contribution in [0, 0.1) is 11.8 Å². The molecule has 45 heavy (non-hydrogen) atoms. The lowest BCUT2D eigenvalue weighted by Crippen LogP contribution is -2.53. The summed E-state index contributed by atoms with van der Waals surface area (Å²) in [6.07, 6.45) is 2.61. The van der Waals surface area contributed by atoms with E-state index in [4.69, 9.17) is 16.3 Å². The van der Waals surface area contributed by atoms with Crippen LogP contribution in [0.25, 0.3) is 0 Å². The molecule has 1 saturated carbocycles. The van der Waals surface area contributed by atoms with Gasteiger partial charge in [0, 0.05) is 28.2 Å². The van der Waals surface area contributed by atoms with Crippen LogP contribution in [0.1, 0.15) is 86.6 Å². The van der Waals surface area contributed by atoms with Crippen molar-refractivity contribution >= 4 is 23.3 Å². The van der Waals surface area contributed by atoms with E-state index in [-0.39, 0.29) is 11.3 Å². The monoisotopic (exact) mass is 640 g/mol. The Morgan fingerprint density at radius 2 is 1.91 bits per heavy atom. The molecule has 3 aliphatic rings. The number of nitrogens with zero attached hydrogens (tertiary/aromatic N) is 1. The van der Waals surface area contributed by atoms with Gasteiger partial charge in [-0.2, -0.15) is 13.2 Å². The maximum absolute atomic E-state index is 13.4. The maximum atomic E-state index is 13.4. The molecule has 1 aromatic heterocycles. The third kappa shape index (κ3) is 6.53. The van der Waals surface area contributed by atoms with E-state index in [1.807, 2.05) is 12.1 Å². The zero-order chi connectivity index (χ0) is 31.8. The summed E-state index contributed by atoms with van der Waals surface area (Å²) in [5, 5.41) is 14.3. The molecule has 0 amide bonds. The van der Waals surface area contributed by atoms with Crippen LogP contribution in [0.2, 0.25) is 5.02 Å². The molecule has 1 heterocycles. The van der Waals surface area contributed by atoms with Crippen molar-refractivity contribution < 1.29 is 27.8 Å². The third-order valence-corrected chi connectivity index (χ3v) is 10.7. The van der Waals surface area contributed by atoms with Crippen LogP contribution in [0.3, 0.4) is 0 Å². The number of carboxylic acids is 1. The number of aryl methyl sites for hydroxylation is 1. The van der Waals surface area contributed by atoms with Gasteiger partial charge in [-0.15, -0.1) is 0 Å². The van der Waals surface area contributed by atoms with Gasteiger partial charge in [-0.05, 0) is 116 Å². The van der Waals surface area contributed by atoms with E-state index in [0.717, 1.165) is 31.4 Å². The van der Waals surface area contributed by atoms with Gasteiger partial charge in [-0.3, -0.25) is 4.98 Å². The normalized spacial score (nSPS) is 26.6. The smallest absolute Gasteiger partial charge is 0.389 e. The first kappa shape index (κ1) is 31.7. The summed E-state index contributed by atoms with van der Waals surface area (Å²) in [6.45, 7) is 2.54. The zero-order valence-electron chi connectivity index (χ0n) is 25.5. The van der Waals surface area contributed by atoms with Gasteiger partial charge >= 0.3 is 12.1 Å². The highest BCUT2D eigenvalue weighted by molar-refractivity contribution is 6.30. The molecule has 0 aliphatic heterocycles. The molecular weight excluding hydrogens is 601 g/mol. The summed E-state index contributed by atoms with van der Waals surface area (Å²) in [7, 11) is 0. The van der Waals surface area contributed by atoms with Crippen molar-refractivity contribution in [2.75, 3.05) is 11.9 Å². The van der Waals surface area contributed by atoms with Gasteiger partial charge < -0.3 is 15.2 Å². The van der Waals surface area contributed by atoms with Crippen LogP contribution >= 0.6 is 11.6 Å². The molecule has 2 aromatic carbocycles. The Labute approximate surface area is 267 Å². The van der Waals surface area contributed by atoms with Crippen molar-refractivity contribution in [3.05, 3.63) is 88.2 Å². The highest BCUT2D eigenvalue weighted by atomic mass is 35.5. The molecule has 2 N–H and O–H groups in total. The van der Waals surface area contributed by atoms with Gasteiger partial charge in [0.1, 0.15) is 11.3 Å². The molecule has 0 bridgehead atoms.